The van der Waals surface area contributed by atoms with Gasteiger partial charge in [0.2, 0.25) is 0 Å². The maximum Gasteiger partial charge on any atom is 0.162 e. The molecule has 0 saturated heterocycles. The summed E-state index contributed by atoms with van der Waals surface area (Å²) in [6.07, 6.45) is 0. The Balaban J connectivity index is 3.29. The number of ketones is 1. The standard InChI is InChI=1S/C11H12BrNO/c1-7(2)13-11-5-4-9(12)6-10(11)8(3)14/h4-6H,1-3H3. The van der Waals surface area contributed by atoms with Crippen molar-refractivity contribution in [1.29, 1.82) is 0 Å². The average molecular weight is 254 g/mol. The number of rotatable bonds is 2. The molecule has 14 heavy (non-hydrogen) atoms. The first-order valence-electron chi connectivity index (χ1n) is 4.33. The normalized spacial score (nSPS) is 9.71. The molecule has 1 rings (SSSR count). The maximum atomic E-state index is 11.3. The number of halogens is 1. The van der Waals surface area contributed by atoms with Crippen molar-refractivity contribution in [3.05, 3.63) is 28.2 Å². The van der Waals surface area contributed by atoms with Crippen molar-refractivity contribution in [2.45, 2.75) is 20.8 Å². The highest BCUT2D eigenvalue weighted by Crippen LogP contribution is 2.24. The van der Waals surface area contributed by atoms with E-state index in [4.69, 9.17) is 0 Å². The number of carbonyl (C=O) groups excluding carboxylic acids is 1. The predicted octanol–water partition coefficient (Wildman–Crippen LogP) is 3.76. The summed E-state index contributed by atoms with van der Waals surface area (Å²) in [5, 5.41) is 0. The summed E-state index contributed by atoms with van der Waals surface area (Å²) < 4.78 is 0.899. The quantitative estimate of drug-likeness (QED) is 0.583. The van der Waals surface area contributed by atoms with Gasteiger partial charge in [-0.3, -0.25) is 9.79 Å². The number of hydrogen-bond acceptors (Lipinski definition) is 2. The lowest BCUT2D eigenvalue weighted by Gasteiger charge is -2.03. The van der Waals surface area contributed by atoms with Crippen molar-refractivity contribution in [3.8, 4) is 0 Å². The maximum absolute atomic E-state index is 11.3. The van der Waals surface area contributed by atoms with Crippen LogP contribution >= 0.6 is 15.9 Å². The Morgan fingerprint density at radius 2 is 1.93 bits per heavy atom. The van der Waals surface area contributed by atoms with Crippen LogP contribution in [0, 0.1) is 0 Å². The number of Topliss-reactive ketones (excluding diaryl/α,β-unsaturated/α-hetero) is 1. The van der Waals surface area contributed by atoms with Crippen LogP contribution in [0.3, 0.4) is 0 Å². The van der Waals surface area contributed by atoms with Crippen molar-refractivity contribution < 1.29 is 4.79 Å². The van der Waals surface area contributed by atoms with Gasteiger partial charge < -0.3 is 0 Å². The van der Waals surface area contributed by atoms with Gasteiger partial charge in [0, 0.05) is 15.7 Å². The zero-order valence-electron chi connectivity index (χ0n) is 8.47. The van der Waals surface area contributed by atoms with Crippen molar-refractivity contribution in [2.24, 2.45) is 4.99 Å². The Labute approximate surface area is 92.2 Å². The molecule has 74 valence electrons. The van der Waals surface area contributed by atoms with Gasteiger partial charge in [-0.2, -0.15) is 0 Å². The molecule has 3 heteroatoms. The first-order valence-corrected chi connectivity index (χ1v) is 5.12. The van der Waals surface area contributed by atoms with E-state index in [2.05, 4.69) is 20.9 Å². The molecule has 0 unspecified atom stereocenters. The molecular weight excluding hydrogens is 242 g/mol. The van der Waals surface area contributed by atoms with E-state index in [1.165, 1.54) is 0 Å². The summed E-state index contributed by atoms with van der Waals surface area (Å²) in [4.78, 5) is 15.6. The summed E-state index contributed by atoms with van der Waals surface area (Å²) in [6.45, 7) is 5.36. The molecule has 0 radical (unpaired) electrons. The third-order valence-corrected chi connectivity index (χ3v) is 2.18. The first kappa shape index (κ1) is 11.1. The van der Waals surface area contributed by atoms with Crippen molar-refractivity contribution in [3.63, 3.8) is 0 Å². The van der Waals surface area contributed by atoms with Crippen LogP contribution in [-0.4, -0.2) is 11.5 Å². The zero-order chi connectivity index (χ0) is 10.7. The molecule has 0 aliphatic heterocycles. The topological polar surface area (TPSA) is 29.4 Å². The van der Waals surface area contributed by atoms with Crippen LogP contribution in [0.2, 0.25) is 0 Å². The fraction of sp³-hybridized carbons (Fsp3) is 0.273. The van der Waals surface area contributed by atoms with E-state index in [0.717, 1.165) is 15.9 Å². The Kier molecular flexibility index (Phi) is 3.58. The van der Waals surface area contributed by atoms with Crippen LogP contribution in [-0.2, 0) is 0 Å². The van der Waals surface area contributed by atoms with E-state index in [1.54, 1.807) is 13.0 Å². The Morgan fingerprint density at radius 1 is 1.29 bits per heavy atom. The Hall–Kier alpha value is -0.960. The fourth-order valence-electron chi connectivity index (χ4n) is 1.13. The molecule has 0 saturated carbocycles. The third kappa shape index (κ3) is 2.77. The van der Waals surface area contributed by atoms with Crippen LogP contribution in [0.4, 0.5) is 5.69 Å². The number of benzene rings is 1. The van der Waals surface area contributed by atoms with E-state index in [0.29, 0.717) is 5.56 Å². The highest BCUT2D eigenvalue weighted by atomic mass is 79.9. The van der Waals surface area contributed by atoms with E-state index in [9.17, 15) is 4.79 Å². The summed E-state index contributed by atoms with van der Waals surface area (Å²) in [6, 6.07) is 5.52. The van der Waals surface area contributed by atoms with E-state index >= 15 is 0 Å². The van der Waals surface area contributed by atoms with Crippen LogP contribution in [0.1, 0.15) is 31.1 Å². The molecule has 0 atom stereocenters. The molecule has 0 heterocycles. The van der Waals surface area contributed by atoms with Gasteiger partial charge in [-0.25, -0.2) is 0 Å². The predicted molar refractivity (Wildman–Crippen MR) is 62.6 cm³/mol. The van der Waals surface area contributed by atoms with Crippen LogP contribution in [0.5, 0.6) is 0 Å². The minimum atomic E-state index is 0.0336. The summed E-state index contributed by atoms with van der Waals surface area (Å²) >= 11 is 3.33. The largest absolute Gasteiger partial charge is 0.294 e. The van der Waals surface area contributed by atoms with Gasteiger partial charge in [0.25, 0.3) is 0 Å². The van der Waals surface area contributed by atoms with Crippen molar-refractivity contribution in [1.82, 2.24) is 0 Å². The first-order chi connectivity index (χ1) is 6.50. The highest BCUT2D eigenvalue weighted by Gasteiger charge is 2.06. The minimum Gasteiger partial charge on any atom is -0.294 e. The molecule has 1 aromatic carbocycles. The fourth-order valence-corrected chi connectivity index (χ4v) is 1.49. The number of nitrogens with zero attached hydrogens (tertiary/aromatic N) is 1. The van der Waals surface area contributed by atoms with Gasteiger partial charge in [-0.15, -0.1) is 0 Å². The molecule has 0 aromatic heterocycles. The Morgan fingerprint density at radius 3 is 2.43 bits per heavy atom. The monoisotopic (exact) mass is 253 g/mol. The molecular formula is C11H12BrNO. The van der Waals surface area contributed by atoms with Gasteiger partial charge in [-0.05, 0) is 39.0 Å². The van der Waals surface area contributed by atoms with Crippen LogP contribution in [0.15, 0.2) is 27.7 Å². The molecule has 2 nitrogen and oxygen atoms in total. The lowest BCUT2D eigenvalue weighted by molar-refractivity contribution is 0.101. The highest BCUT2D eigenvalue weighted by molar-refractivity contribution is 9.10. The number of carbonyl (C=O) groups is 1. The summed E-state index contributed by atoms with van der Waals surface area (Å²) in [5.41, 5.74) is 2.33. The van der Waals surface area contributed by atoms with Crippen LogP contribution < -0.4 is 0 Å². The van der Waals surface area contributed by atoms with Gasteiger partial charge in [0.05, 0.1) is 5.69 Å². The third-order valence-electron chi connectivity index (χ3n) is 1.68. The second-order valence-corrected chi connectivity index (χ2v) is 4.19. The van der Waals surface area contributed by atoms with Gasteiger partial charge in [-0.1, -0.05) is 15.9 Å². The molecule has 0 spiro atoms. The molecule has 0 N–H and O–H groups in total. The van der Waals surface area contributed by atoms with Gasteiger partial charge in [0.15, 0.2) is 5.78 Å². The molecule has 1 aromatic rings. The molecule has 0 aliphatic rings. The zero-order valence-corrected chi connectivity index (χ0v) is 10.1. The van der Waals surface area contributed by atoms with E-state index < -0.39 is 0 Å². The summed E-state index contributed by atoms with van der Waals surface area (Å²) in [5.74, 6) is 0.0336. The molecule has 0 amide bonds. The van der Waals surface area contributed by atoms with Crippen LogP contribution in [0.25, 0.3) is 0 Å². The van der Waals surface area contributed by atoms with Gasteiger partial charge in [0.1, 0.15) is 0 Å². The number of hydrogen-bond donors (Lipinski definition) is 0. The second-order valence-electron chi connectivity index (χ2n) is 3.28. The van der Waals surface area contributed by atoms with Gasteiger partial charge >= 0.3 is 0 Å². The second kappa shape index (κ2) is 4.51. The summed E-state index contributed by atoms with van der Waals surface area (Å²) in [7, 11) is 0. The molecule has 0 fully saturated rings. The van der Waals surface area contributed by atoms with Crippen molar-refractivity contribution in [2.75, 3.05) is 0 Å². The molecule has 0 bridgehead atoms. The van der Waals surface area contributed by atoms with E-state index in [1.807, 2.05) is 26.0 Å². The smallest absolute Gasteiger partial charge is 0.162 e. The SMILES string of the molecule is CC(=O)c1cc(Br)ccc1N=C(C)C. The average Bonchev–Trinajstić information content (AvgIpc) is 2.07. The lowest BCUT2D eigenvalue weighted by atomic mass is 10.1. The van der Waals surface area contributed by atoms with Crippen molar-refractivity contribution >= 4 is 33.1 Å². The van der Waals surface area contributed by atoms with E-state index in [-0.39, 0.29) is 5.78 Å². The minimum absolute atomic E-state index is 0.0336. The Bertz CT molecular complexity index is 392. The lowest BCUT2D eigenvalue weighted by Crippen LogP contribution is -1.93. The number of aliphatic imine (C=N–C) groups is 1. The molecule has 0 aliphatic carbocycles.